The van der Waals surface area contributed by atoms with Crippen molar-refractivity contribution in [2.24, 2.45) is 5.92 Å². The molecule has 0 unspecified atom stereocenters. The van der Waals surface area contributed by atoms with Crippen LogP contribution in [0.5, 0.6) is 5.75 Å². The summed E-state index contributed by atoms with van der Waals surface area (Å²) in [5.74, 6) is 1.64. The minimum Gasteiger partial charge on any atom is -0.490 e. The molecule has 1 aliphatic rings. The maximum absolute atomic E-state index is 9.80. The van der Waals surface area contributed by atoms with Crippen molar-refractivity contribution in [3.8, 4) is 5.75 Å². The summed E-state index contributed by atoms with van der Waals surface area (Å²) in [4.78, 5) is 0. The first-order chi connectivity index (χ1) is 9.10. The van der Waals surface area contributed by atoms with Gasteiger partial charge < -0.3 is 9.84 Å². The summed E-state index contributed by atoms with van der Waals surface area (Å²) in [7, 11) is 0. The summed E-state index contributed by atoms with van der Waals surface area (Å²) in [5, 5.41) is 10.4. The molecule has 0 aromatic heterocycles. The SMILES string of the molecule is CCC1CCC(Oc2ccc(Cl)cc2[C@@H](C)O)CC1. The van der Waals surface area contributed by atoms with E-state index in [4.69, 9.17) is 16.3 Å². The van der Waals surface area contributed by atoms with E-state index in [1.165, 1.54) is 19.3 Å². The van der Waals surface area contributed by atoms with E-state index in [2.05, 4.69) is 6.92 Å². The van der Waals surface area contributed by atoms with Crippen LogP contribution in [0.2, 0.25) is 5.02 Å². The van der Waals surface area contributed by atoms with E-state index in [-0.39, 0.29) is 6.10 Å². The number of aliphatic hydroxyl groups excluding tert-OH is 1. The Hall–Kier alpha value is -0.730. The van der Waals surface area contributed by atoms with Gasteiger partial charge in [0, 0.05) is 10.6 Å². The highest BCUT2D eigenvalue weighted by molar-refractivity contribution is 6.30. The van der Waals surface area contributed by atoms with E-state index in [0.717, 1.165) is 30.1 Å². The number of aliphatic hydroxyl groups is 1. The van der Waals surface area contributed by atoms with E-state index in [1.807, 2.05) is 12.1 Å². The largest absolute Gasteiger partial charge is 0.490 e. The van der Waals surface area contributed by atoms with Crippen LogP contribution in [0.25, 0.3) is 0 Å². The molecule has 2 nitrogen and oxygen atoms in total. The maximum atomic E-state index is 9.80. The second-order valence-electron chi connectivity index (χ2n) is 5.53. The minimum absolute atomic E-state index is 0.279. The summed E-state index contributed by atoms with van der Waals surface area (Å²) < 4.78 is 6.08. The Morgan fingerprint density at radius 1 is 1.32 bits per heavy atom. The van der Waals surface area contributed by atoms with Crippen LogP contribution in [0.15, 0.2) is 18.2 Å². The molecule has 0 amide bonds. The molecule has 0 aliphatic heterocycles. The van der Waals surface area contributed by atoms with Crippen LogP contribution in [0.4, 0.5) is 0 Å². The van der Waals surface area contributed by atoms with Gasteiger partial charge in [-0.05, 0) is 56.7 Å². The Morgan fingerprint density at radius 3 is 2.58 bits per heavy atom. The van der Waals surface area contributed by atoms with Gasteiger partial charge in [-0.3, -0.25) is 0 Å². The summed E-state index contributed by atoms with van der Waals surface area (Å²) in [5.41, 5.74) is 0.783. The first-order valence-corrected chi connectivity index (χ1v) is 7.62. The molecule has 1 aromatic rings. The molecule has 0 radical (unpaired) electrons. The second-order valence-corrected chi connectivity index (χ2v) is 5.96. The average molecular weight is 283 g/mol. The molecular formula is C16H23ClO2. The summed E-state index contributed by atoms with van der Waals surface area (Å²) in [6, 6.07) is 5.48. The Labute approximate surface area is 120 Å². The van der Waals surface area contributed by atoms with Gasteiger partial charge >= 0.3 is 0 Å². The molecule has 1 aliphatic carbocycles. The fourth-order valence-electron chi connectivity index (χ4n) is 2.79. The third-order valence-electron chi connectivity index (χ3n) is 4.09. The number of halogens is 1. The highest BCUT2D eigenvalue weighted by Gasteiger charge is 2.22. The first kappa shape index (κ1) is 14.7. The molecule has 1 fully saturated rings. The molecule has 1 saturated carbocycles. The zero-order valence-corrected chi connectivity index (χ0v) is 12.5. The lowest BCUT2D eigenvalue weighted by Crippen LogP contribution is -2.24. The third-order valence-corrected chi connectivity index (χ3v) is 4.32. The van der Waals surface area contributed by atoms with Gasteiger partial charge in [0.15, 0.2) is 0 Å². The van der Waals surface area contributed by atoms with E-state index in [0.29, 0.717) is 5.02 Å². The Morgan fingerprint density at radius 2 is 2.00 bits per heavy atom. The predicted octanol–water partition coefficient (Wildman–Crippen LogP) is 4.74. The zero-order chi connectivity index (χ0) is 13.8. The van der Waals surface area contributed by atoms with Crippen molar-refractivity contribution in [1.29, 1.82) is 0 Å². The van der Waals surface area contributed by atoms with Gasteiger partial charge in [-0.25, -0.2) is 0 Å². The smallest absolute Gasteiger partial charge is 0.125 e. The van der Waals surface area contributed by atoms with E-state index < -0.39 is 6.10 Å². The number of ether oxygens (including phenoxy) is 1. The molecule has 0 bridgehead atoms. The molecule has 2 rings (SSSR count). The average Bonchev–Trinajstić information content (AvgIpc) is 2.41. The number of rotatable bonds is 4. The molecule has 0 heterocycles. The molecular weight excluding hydrogens is 260 g/mol. The Kier molecular flexibility index (Phi) is 5.12. The van der Waals surface area contributed by atoms with E-state index in [9.17, 15) is 5.11 Å². The molecule has 1 aromatic carbocycles. The molecule has 19 heavy (non-hydrogen) atoms. The van der Waals surface area contributed by atoms with Crippen LogP contribution in [-0.4, -0.2) is 11.2 Å². The van der Waals surface area contributed by atoms with Crippen LogP contribution in [-0.2, 0) is 0 Å². The van der Waals surface area contributed by atoms with E-state index in [1.54, 1.807) is 13.0 Å². The van der Waals surface area contributed by atoms with Crippen molar-refractivity contribution in [2.45, 2.75) is 58.2 Å². The summed E-state index contributed by atoms with van der Waals surface area (Å²) >= 11 is 5.97. The van der Waals surface area contributed by atoms with Crippen LogP contribution < -0.4 is 4.74 Å². The number of hydrogen-bond acceptors (Lipinski definition) is 2. The van der Waals surface area contributed by atoms with Crippen molar-refractivity contribution >= 4 is 11.6 Å². The Balaban J connectivity index is 2.03. The number of benzene rings is 1. The fourth-order valence-corrected chi connectivity index (χ4v) is 2.97. The van der Waals surface area contributed by atoms with Gasteiger partial charge in [0.1, 0.15) is 5.75 Å². The van der Waals surface area contributed by atoms with Crippen LogP contribution in [0.1, 0.15) is 57.6 Å². The summed E-state index contributed by atoms with van der Waals surface area (Å²) in [6.45, 7) is 4.00. The van der Waals surface area contributed by atoms with Crippen molar-refractivity contribution in [3.63, 3.8) is 0 Å². The van der Waals surface area contributed by atoms with E-state index >= 15 is 0 Å². The lowest BCUT2D eigenvalue weighted by molar-refractivity contribution is 0.122. The monoisotopic (exact) mass is 282 g/mol. The number of hydrogen-bond donors (Lipinski definition) is 1. The second kappa shape index (κ2) is 6.62. The van der Waals surface area contributed by atoms with Gasteiger partial charge in [-0.2, -0.15) is 0 Å². The highest BCUT2D eigenvalue weighted by Crippen LogP contribution is 2.33. The maximum Gasteiger partial charge on any atom is 0.125 e. The molecule has 3 heteroatoms. The first-order valence-electron chi connectivity index (χ1n) is 7.24. The quantitative estimate of drug-likeness (QED) is 0.864. The van der Waals surface area contributed by atoms with Crippen molar-refractivity contribution in [3.05, 3.63) is 28.8 Å². The minimum atomic E-state index is -0.555. The van der Waals surface area contributed by atoms with Crippen LogP contribution >= 0.6 is 11.6 Å². The molecule has 0 spiro atoms. The van der Waals surface area contributed by atoms with Crippen LogP contribution in [0, 0.1) is 5.92 Å². The lowest BCUT2D eigenvalue weighted by atomic mass is 9.86. The fraction of sp³-hybridized carbons (Fsp3) is 0.625. The summed E-state index contributed by atoms with van der Waals surface area (Å²) in [6.07, 6.45) is 5.72. The Bertz CT molecular complexity index is 409. The highest BCUT2D eigenvalue weighted by atomic mass is 35.5. The van der Waals surface area contributed by atoms with Gasteiger partial charge in [-0.15, -0.1) is 0 Å². The topological polar surface area (TPSA) is 29.5 Å². The van der Waals surface area contributed by atoms with Crippen molar-refractivity contribution in [2.75, 3.05) is 0 Å². The van der Waals surface area contributed by atoms with Gasteiger partial charge in [0.05, 0.1) is 12.2 Å². The predicted molar refractivity (Wildman–Crippen MR) is 78.8 cm³/mol. The van der Waals surface area contributed by atoms with Crippen molar-refractivity contribution in [1.82, 2.24) is 0 Å². The van der Waals surface area contributed by atoms with Crippen LogP contribution in [0.3, 0.4) is 0 Å². The molecule has 1 atom stereocenters. The van der Waals surface area contributed by atoms with Gasteiger partial charge in [0.2, 0.25) is 0 Å². The third kappa shape index (κ3) is 3.87. The zero-order valence-electron chi connectivity index (χ0n) is 11.7. The lowest BCUT2D eigenvalue weighted by Gasteiger charge is -2.29. The normalized spacial score (nSPS) is 25.1. The van der Waals surface area contributed by atoms with Gasteiger partial charge in [0.25, 0.3) is 0 Å². The van der Waals surface area contributed by atoms with Crippen molar-refractivity contribution < 1.29 is 9.84 Å². The molecule has 106 valence electrons. The standard InChI is InChI=1S/C16H23ClO2/c1-3-12-4-7-14(8-5-12)19-16-9-6-13(17)10-15(16)11(2)18/h6,9-12,14,18H,3-5,7-8H2,1-2H3/t11-,12?,14?/m1/s1. The van der Waals surface area contributed by atoms with Gasteiger partial charge in [-0.1, -0.05) is 24.9 Å². The molecule has 1 N–H and O–H groups in total. The molecule has 0 saturated heterocycles.